The molecular weight excluding hydrogens is 364 g/mol. The van der Waals surface area contributed by atoms with Crippen molar-refractivity contribution in [3.63, 3.8) is 0 Å². The molecule has 5 heteroatoms. The van der Waals surface area contributed by atoms with Gasteiger partial charge < -0.3 is 10.0 Å². The Morgan fingerprint density at radius 2 is 1.72 bits per heavy atom. The maximum atomic E-state index is 13.2. The average Bonchev–Trinajstić information content (AvgIpc) is 2.97. The van der Waals surface area contributed by atoms with Crippen molar-refractivity contribution in [2.24, 2.45) is 0 Å². The standard InChI is InChI=1S/C24H20N2O3/c27-22(20-13-6-7-15-25-20)17-24(29)19-12-4-5-14-21(19)26(23(24)28)16-8-11-18-9-2-1-3-10-18/h1-15,29H,16-17H2. The maximum Gasteiger partial charge on any atom is 0.264 e. The number of ketones is 1. The Morgan fingerprint density at radius 1 is 1.00 bits per heavy atom. The van der Waals surface area contributed by atoms with E-state index in [2.05, 4.69) is 4.98 Å². The summed E-state index contributed by atoms with van der Waals surface area (Å²) in [5.74, 6) is -0.876. The molecule has 0 radical (unpaired) electrons. The van der Waals surface area contributed by atoms with E-state index >= 15 is 0 Å². The maximum absolute atomic E-state index is 13.2. The van der Waals surface area contributed by atoms with Crippen molar-refractivity contribution < 1.29 is 14.7 Å². The Morgan fingerprint density at radius 3 is 2.48 bits per heavy atom. The fourth-order valence-corrected chi connectivity index (χ4v) is 3.57. The summed E-state index contributed by atoms with van der Waals surface area (Å²) in [4.78, 5) is 31.4. The fraction of sp³-hybridized carbons (Fsp3) is 0.125. The lowest BCUT2D eigenvalue weighted by atomic mass is 9.89. The van der Waals surface area contributed by atoms with Crippen molar-refractivity contribution in [2.75, 3.05) is 11.4 Å². The molecule has 2 heterocycles. The zero-order valence-corrected chi connectivity index (χ0v) is 15.7. The monoisotopic (exact) mass is 384 g/mol. The molecule has 0 aliphatic carbocycles. The second kappa shape index (κ2) is 7.81. The van der Waals surface area contributed by atoms with E-state index in [1.165, 1.54) is 11.1 Å². The highest BCUT2D eigenvalue weighted by atomic mass is 16.3. The van der Waals surface area contributed by atoms with Crippen LogP contribution in [-0.2, 0) is 10.4 Å². The molecule has 1 N–H and O–H groups in total. The lowest BCUT2D eigenvalue weighted by molar-refractivity contribution is -0.135. The van der Waals surface area contributed by atoms with Gasteiger partial charge in [0.15, 0.2) is 11.4 Å². The van der Waals surface area contributed by atoms with Gasteiger partial charge in [-0.15, -0.1) is 0 Å². The number of carbonyl (C=O) groups excluding carboxylic acids is 2. The number of carbonyl (C=O) groups is 2. The minimum absolute atomic E-state index is 0.230. The number of aliphatic hydroxyl groups is 1. The van der Waals surface area contributed by atoms with Crippen LogP contribution in [0.4, 0.5) is 5.69 Å². The molecule has 0 fully saturated rings. The molecule has 3 aromatic rings. The van der Waals surface area contributed by atoms with Crippen LogP contribution >= 0.6 is 0 Å². The molecule has 0 bridgehead atoms. The minimum atomic E-state index is -1.90. The Labute approximate surface area is 169 Å². The van der Waals surface area contributed by atoms with Crippen molar-refractivity contribution in [1.29, 1.82) is 0 Å². The molecule has 1 atom stereocenters. The van der Waals surface area contributed by atoms with Gasteiger partial charge in [-0.3, -0.25) is 14.6 Å². The van der Waals surface area contributed by atoms with Crippen molar-refractivity contribution in [1.82, 2.24) is 4.98 Å². The Hall–Kier alpha value is -3.57. The highest BCUT2D eigenvalue weighted by Gasteiger charge is 2.50. The van der Waals surface area contributed by atoms with Gasteiger partial charge in [0.1, 0.15) is 5.69 Å². The lowest BCUT2D eigenvalue weighted by Gasteiger charge is -2.22. The van der Waals surface area contributed by atoms with Crippen LogP contribution in [0.5, 0.6) is 0 Å². The number of hydrogen-bond acceptors (Lipinski definition) is 4. The number of pyridine rings is 1. The van der Waals surface area contributed by atoms with Crippen LogP contribution in [0, 0.1) is 0 Å². The molecule has 0 saturated carbocycles. The third-order valence-electron chi connectivity index (χ3n) is 5.00. The first-order valence-corrected chi connectivity index (χ1v) is 9.39. The van der Waals surface area contributed by atoms with E-state index in [4.69, 9.17) is 0 Å². The van der Waals surface area contributed by atoms with Crippen molar-refractivity contribution >= 4 is 23.5 Å². The SMILES string of the molecule is O=C(CC1(O)C(=O)N(CC=Cc2ccccc2)c2ccccc21)c1ccccn1. The molecule has 1 aromatic heterocycles. The zero-order chi connectivity index (χ0) is 20.3. The number of rotatable bonds is 6. The van der Waals surface area contributed by atoms with Gasteiger partial charge in [-0.25, -0.2) is 0 Å². The average molecular weight is 384 g/mol. The number of aromatic nitrogens is 1. The summed E-state index contributed by atoms with van der Waals surface area (Å²) in [5, 5.41) is 11.3. The van der Waals surface area contributed by atoms with Crippen LogP contribution in [0.3, 0.4) is 0 Å². The summed E-state index contributed by atoms with van der Waals surface area (Å²) in [6.45, 7) is 0.296. The van der Waals surface area contributed by atoms with Gasteiger partial charge in [0.25, 0.3) is 5.91 Å². The first-order chi connectivity index (χ1) is 14.1. The molecule has 1 aliphatic heterocycles. The third-order valence-corrected chi connectivity index (χ3v) is 5.00. The van der Waals surface area contributed by atoms with Crippen molar-refractivity contribution in [3.05, 3.63) is 102 Å². The van der Waals surface area contributed by atoms with Gasteiger partial charge >= 0.3 is 0 Å². The molecular formula is C24H20N2O3. The number of amides is 1. The largest absolute Gasteiger partial charge is 0.375 e. The molecule has 144 valence electrons. The van der Waals surface area contributed by atoms with Crippen LogP contribution in [0.2, 0.25) is 0 Å². The highest BCUT2D eigenvalue weighted by Crippen LogP contribution is 2.42. The third kappa shape index (κ3) is 3.60. The minimum Gasteiger partial charge on any atom is -0.375 e. The highest BCUT2D eigenvalue weighted by molar-refractivity contribution is 6.10. The van der Waals surface area contributed by atoms with E-state index in [0.717, 1.165) is 5.56 Å². The predicted octanol–water partition coefficient (Wildman–Crippen LogP) is 3.60. The molecule has 1 aliphatic rings. The molecule has 4 rings (SSSR count). The van der Waals surface area contributed by atoms with Gasteiger partial charge in [0.2, 0.25) is 0 Å². The summed E-state index contributed by atoms with van der Waals surface area (Å²) in [6, 6.07) is 21.8. The Kier molecular flexibility index (Phi) is 5.06. The number of hydrogen-bond donors (Lipinski definition) is 1. The van der Waals surface area contributed by atoms with Crippen LogP contribution in [-0.4, -0.2) is 28.3 Å². The number of nitrogens with zero attached hydrogens (tertiary/aromatic N) is 2. The first-order valence-electron chi connectivity index (χ1n) is 9.39. The molecule has 0 spiro atoms. The van der Waals surface area contributed by atoms with Crippen LogP contribution in [0.25, 0.3) is 6.08 Å². The van der Waals surface area contributed by atoms with Gasteiger partial charge in [-0.1, -0.05) is 66.7 Å². The van der Waals surface area contributed by atoms with E-state index in [-0.39, 0.29) is 17.9 Å². The number of anilines is 1. The number of para-hydroxylation sites is 1. The topological polar surface area (TPSA) is 70.5 Å². The van der Waals surface area contributed by atoms with Gasteiger partial charge in [-0.05, 0) is 23.8 Å². The smallest absolute Gasteiger partial charge is 0.264 e. The van der Waals surface area contributed by atoms with E-state index in [1.807, 2.05) is 48.6 Å². The number of Topliss-reactive ketones (excluding diaryl/α,β-unsaturated/α-hetero) is 1. The molecule has 5 nitrogen and oxygen atoms in total. The molecule has 0 saturated heterocycles. The molecule has 1 amide bonds. The molecule has 2 aromatic carbocycles. The summed E-state index contributed by atoms with van der Waals surface area (Å²) in [5.41, 5.74) is 0.418. The summed E-state index contributed by atoms with van der Waals surface area (Å²) >= 11 is 0. The van der Waals surface area contributed by atoms with Crippen molar-refractivity contribution in [3.8, 4) is 0 Å². The second-order valence-corrected chi connectivity index (χ2v) is 6.92. The second-order valence-electron chi connectivity index (χ2n) is 6.92. The number of fused-ring (bicyclic) bond motifs is 1. The molecule has 29 heavy (non-hydrogen) atoms. The quantitative estimate of drug-likeness (QED) is 0.659. The van der Waals surface area contributed by atoms with Gasteiger partial charge in [0.05, 0.1) is 12.1 Å². The van der Waals surface area contributed by atoms with Crippen LogP contribution in [0.15, 0.2) is 85.1 Å². The Balaban J connectivity index is 1.60. The lowest BCUT2D eigenvalue weighted by Crippen LogP contribution is -2.42. The number of benzene rings is 2. The Bertz CT molecular complexity index is 1060. The fourth-order valence-electron chi connectivity index (χ4n) is 3.57. The first kappa shape index (κ1) is 18.8. The molecule has 1 unspecified atom stereocenters. The summed E-state index contributed by atoms with van der Waals surface area (Å²) < 4.78 is 0. The summed E-state index contributed by atoms with van der Waals surface area (Å²) in [7, 11) is 0. The van der Waals surface area contributed by atoms with Crippen LogP contribution in [0.1, 0.15) is 28.0 Å². The summed E-state index contributed by atoms with van der Waals surface area (Å²) in [6.07, 6.45) is 4.96. The van der Waals surface area contributed by atoms with Crippen molar-refractivity contribution in [2.45, 2.75) is 12.0 Å². The predicted molar refractivity (Wildman–Crippen MR) is 111 cm³/mol. The van der Waals surface area contributed by atoms with Gasteiger partial charge in [-0.2, -0.15) is 0 Å². The van der Waals surface area contributed by atoms with E-state index in [1.54, 1.807) is 36.4 Å². The zero-order valence-electron chi connectivity index (χ0n) is 15.7. The van der Waals surface area contributed by atoms with Gasteiger partial charge in [0, 0.05) is 18.3 Å². The normalized spacial score (nSPS) is 18.2. The van der Waals surface area contributed by atoms with Crippen LogP contribution < -0.4 is 4.90 Å². The van der Waals surface area contributed by atoms with E-state index < -0.39 is 11.5 Å². The van der Waals surface area contributed by atoms with E-state index in [0.29, 0.717) is 17.8 Å². The van der Waals surface area contributed by atoms with E-state index in [9.17, 15) is 14.7 Å².